The molecule has 4 nitrogen and oxygen atoms in total. The van der Waals surface area contributed by atoms with E-state index in [0.717, 1.165) is 17.7 Å². The topological polar surface area (TPSA) is 56.1 Å². The Bertz CT molecular complexity index is 651. The summed E-state index contributed by atoms with van der Waals surface area (Å²) >= 11 is 0. The summed E-state index contributed by atoms with van der Waals surface area (Å²) in [6, 6.07) is 1.82. The molecule has 0 spiro atoms. The number of rotatable bonds is 3. The summed E-state index contributed by atoms with van der Waals surface area (Å²) in [5.74, 6) is 0.159. The zero-order valence-electron chi connectivity index (χ0n) is 12.9. The molecule has 0 saturated heterocycles. The van der Waals surface area contributed by atoms with Crippen LogP contribution in [0.15, 0.2) is 12.3 Å². The summed E-state index contributed by atoms with van der Waals surface area (Å²) in [5, 5.41) is 0. The number of Topliss-reactive ketones (excluding diaryl/α,β-unsaturated/α-hetero) is 1. The van der Waals surface area contributed by atoms with E-state index >= 15 is 0 Å². The fourth-order valence-corrected chi connectivity index (χ4v) is 3.05. The quantitative estimate of drug-likeness (QED) is 0.861. The van der Waals surface area contributed by atoms with Gasteiger partial charge in [-0.1, -0.05) is 13.8 Å². The molecular formula is C15H23NO3S. The Hall–Kier alpha value is -1.10. The largest absolute Gasteiger partial charge is 0.349 e. The lowest BCUT2D eigenvalue weighted by Crippen LogP contribution is -2.37. The van der Waals surface area contributed by atoms with Gasteiger partial charge in [-0.2, -0.15) is 0 Å². The molecule has 0 bridgehead atoms. The van der Waals surface area contributed by atoms with Gasteiger partial charge in [0.15, 0.2) is 15.6 Å². The molecule has 0 fully saturated rings. The average molecular weight is 297 g/mol. The minimum absolute atomic E-state index is 0.0601. The van der Waals surface area contributed by atoms with E-state index in [9.17, 15) is 13.2 Å². The second-order valence-electron chi connectivity index (χ2n) is 7.28. The van der Waals surface area contributed by atoms with Crippen LogP contribution in [0.3, 0.4) is 0 Å². The van der Waals surface area contributed by atoms with Gasteiger partial charge in [0.05, 0.1) is 4.75 Å². The molecule has 0 aromatic carbocycles. The number of sulfone groups is 1. The van der Waals surface area contributed by atoms with Crippen LogP contribution in [0.25, 0.3) is 0 Å². The number of nitrogens with zero attached hydrogens (tertiary/aromatic N) is 1. The summed E-state index contributed by atoms with van der Waals surface area (Å²) in [5.41, 5.74) is 1.67. The predicted molar refractivity (Wildman–Crippen MR) is 79.8 cm³/mol. The standard InChI is InChI=1S/C15H23NO3S/c1-14(2)8-12-11(13(17)9-14)6-7-16(12)10-15(3,4)20(5,18)19/h6-7H,8-10H2,1-5H3. The predicted octanol–water partition coefficient (Wildman–Crippen LogP) is 2.47. The van der Waals surface area contributed by atoms with Gasteiger partial charge in [-0.3, -0.25) is 4.79 Å². The van der Waals surface area contributed by atoms with Crippen LogP contribution >= 0.6 is 0 Å². The number of hydrogen-bond donors (Lipinski definition) is 0. The summed E-state index contributed by atoms with van der Waals surface area (Å²) in [6.07, 6.45) is 4.47. The minimum atomic E-state index is -3.15. The summed E-state index contributed by atoms with van der Waals surface area (Å²) < 4.78 is 24.8. The van der Waals surface area contributed by atoms with Gasteiger partial charge in [0.25, 0.3) is 0 Å². The first kappa shape index (κ1) is 15.3. The van der Waals surface area contributed by atoms with Crippen molar-refractivity contribution in [2.24, 2.45) is 5.41 Å². The van der Waals surface area contributed by atoms with Crippen molar-refractivity contribution in [3.8, 4) is 0 Å². The summed E-state index contributed by atoms with van der Waals surface area (Å²) in [4.78, 5) is 12.1. The third-order valence-corrected chi connectivity index (χ3v) is 6.36. The second kappa shape index (κ2) is 4.45. The van der Waals surface area contributed by atoms with Crippen LogP contribution in [0.5, 0.6) is 0 Å². The lowest BCUT2D eigenvalue weighted by molar-refractivity contribution is 0.0909. The highest BCUT2D eigenvalue weighted by atomic mass is 32.2. The van der Waals surface area contributed by atoms with Crippen LogP contribution in [0, 0.1) is 5.41 Å². The van der Waals surface area contributed by atoms with E-state index in [2.05, 4.69) is 13.8 Å². The first-order chi connectivity index (χ1) is 8.93. The van der Waals surface area contributed by atoms with Crippen molar-refractivity contribution in [1.82, 2.24) is 4.57 Å². The SMILES string of the molecule is CC1(C)CC(=O)c2ccn(CC(C)(C)S(C)(=O)=O)c2C1. The molecule has 1 aliphatic carbocycles. The van der Waals surface area contributed by atoms with E-state index < -0.39 is 14.6 Å². The van der Waals surface area contributed by atoms with E-state index in [0.29, 0.717) is 13.0 Å². The Morgan fingerprint density at radius 3 is 2.45 bits per heavy atom. The molecule has 0 aliphatic heterocycles. The van der Waals surface area contributed by atoms with Crippen LogP contribution < -0.4 is 0 Å². The number of ketones is 1. The number of carbonyl (C=O) groups is 1. The van der Waals surface area contributed by atoms with E-state index in [1.807, 2.05) is 16.8 Å². The molecule has 0 radical (unpaired) electrons. The van der Waals surface area contributed by atoms with Crippen LogP contribution in [-0.2, 0) is 22.8 Å². The number of aromatic nitrogens is 1. The molecule has 5 heteroatoms. The van der Waals surface area contributed by atoms with Crippen molar-refractivity contribution < 1.29 is 13.2 Å². The highest BCUT2D eigenvalue weighted by Crippen LogP contribution is 2.36. The Kier molecular flexibility index (Phi) is 3.40. The Morgan fingerprint density at radius 2 is 1.90 bits per heavy atom. The Balaban J connectivity index is 2.41. The van der Waals surface area contributed by atoms with Crippen molar-refractivity contribution in [1.29, 1.82) is 0 Å². The molecule has 0 unspecified atom stereocenters. The maximum atomic E-state index is 12.1. The van der Waals surface area contributed by atoms with E-state index in [4.69, 9.17) is 0 Å². The molecule has 2 rings (SSSR count). The fraction of sp³-hybridized carbons (Fsp3) is 0.667. The van der Waals surface area contributed by atoms with Gasteiger partial charge in [-0.25, -0.2) is 8.42 Å². The lowest BCUT2D eigenvalue weighted by Gasteiger charge is -2.31. The highest BCUT2D eigenvalue weighted by Gasteiger charge is 2.36. The molecular weight excluding hydrogens is 274 g/mol. The molecule has 1 aromatic heterocycles. The molecule has 0 atom stereocenters. The summed E-state index contributed by atoms with van der Waals surface area (Å²) in [7, 11) is -3.15. The Labute approximate surface area is 121 Å². The second-order valence-corrected chi connectivity index (χ2v) is 9.93. The zero-order chi connectivity index (χ0) is 15.3. The summed E-state index contributed by atoms with van der Waals surface area (Å²) in [6.45, 7) is 7.99. The number of fused-ring (bicyclic) bond motifs is 1. The van der Waals surface area contributed by atoms with Crippen LogP contribution in [0.2, 0.25) is 0 Å². The van der Waals surface area contributed by atoms with Gasteiger partial charge >= 0.3 is 0 Å². The third-order valence-electron chi connectivity index (χ3n) is 4.22. The molecule has 1 heterocycles. The van der Waals surface area contributed by atoms with Crippen molar-refractivity contribution in [3.63, 3.8) is 0 Å². The van der Waals surface area contributed by atoms with Crippen LogP contribution in [0.1, 0.15) is 50.2 Å². The van der Waals surface area contributed by atoms with E-state index in [-0.39, 0.29) is 11.2 Å². The fourth-order valence-electron chi connectivity index (χ4n) is 2.68. The molecule has 0 N–H and O–H groups in total. The van der Waals surface area contributed by atoms with Gasteiger partial charge in [0.1, 0.15) is 0 Å². The first-order valence-electron chi connectivity index (χ1n) is 6.84. The lowest BCUT2D eigenvalue weighted by atomic mass is 9.76. The Morgan fingerprint density at radius 1 is 1.30 bits per heavy atom. The monoisotopic (exact) mass is 297 g/mol. The normalized spacial score (nSPS) is 18.9. The van der Waals surface area contributed by atoms with Crippen LogP contribution in [0.4, 0.5) is 0 Å². The number of carbonyl (C=O) groups excluding carboxylic acids is 1. The smallest absolute Gasteiger partial charge is 0.165 e. The maximum Gasteiger partial charge on any atom is 0.165 e. The molecule has 1 aliphatic rings. The first-order valence-corrected chi connectivity index (χ1v) is 8.73. The van der Waals surface area contributed by atoms with Crippen molar-refractivity contribution >= 4 is 15.6 Å². The van der Waals surface area contributed by atoms with Crippen LogP contribution in [-0.4, -0.2) is 29.8 Å². The highest BCUT2D eigenvalue weighted by molar-refractivity contribution is 7.92. The zero-order valence-corrected chi connectivity index (χ0v) is 13.7. The van der Waals surface area contributed by atoms with E-state index in [1.165, 1.54) is 6.26 Å². The van der Waals surface area contributed by atoms with Crippen molar-refractivity contribution in [3.05, 3.63) is 23.5 Å². The van der Waals surface area contributed by atoms with Gasteiger partial charge in [0, 0.05) is 36.7 Å². The van der Waals surface area contributed by atoms with Gasteiger partial charge in [-0.15, -0.1) is 0 Å². The molecule has 1 aromatic rings. The van der Waals surface area contributed by atoms with Gasteiger partial charge in [0.2, 0.25) is 0 Å². The minimum Gasteiger partial charge on any atom is -0.349 e. The molecule has 0 saturated carbocycles. The number of hydrogen-bond acceptors (Lipinski definition) is 3. The molecule has 0 amide bonds. The molecule has 20 heavy (non-hydrogen) atoms. The van der Waals surface area contributed by atoms with Gasteiger partial charge < -0.3 is 4.57 Å². The van der Waals surface area contributed by atoms with E-state index in [1.54, 1.807) is 13.8 Å². The van der Waals surface area contributed by atoms with Crippen molar-refractivity contribution in [2.45, 2.75) is 51.8 Å². The third kappa shape index (κ3) is 2.68. The molecule has 112 valence electrons. The van der Waals surface area contributed by atoms with Crippen molar-refractivity contribution in [2.75, 3.05) is 6.26 Å². The van der Waals surface area contributed by atoms with Gasteiger partial charge in [-0.05, 0) is 31.7 Å². The maximum absolute atomic E-state index is 12.1. The average Bonchev–Trinajstić information content (AvgIpc) is 2.57.